The maximum Gasteiger partial charge on any atom is 0.286 e. The summed E-state index contributed by atoms with van der Waals surface area (Å²) in [4.78, 5) is 30.9. The molecule has 1 aromatic rings. The molecule has 1 aromatic carbocycles. The zero-order valence-electron chi connectivity index (χ0n) is 20.6. The van der Waals surface area contributed by atoms with E-state index in [1.807, 2.05) is 12.1 Å². The van der Waals surface area contributed by atoms with Crippen LogP contribution in [0.25, 0.3) is 0 Å². The molecule has 0 saturated heterocycles. The van der Waals surface area contributed by atoms with Gasteiger partial charge in [-0.1, -0.05) is 116 Å². The predicted octanol–water partition coefficient (Wildman–Crippen LogP) is 8.04. The third-order valence-electron chi connectivity index (χ3n) is 6.48. The summed E-state index contributed by atoms with van der Waals surface area (Å²) < 4.78 is 0. The fourth-order valence-corrected chi connectivity index (χ4v) is 4.50. The van der Waals surface area contributed by atoms with Crippen molar-refractivity contribution in [2.45, 2.75) is 123 Å². The largest absolute Gasteiger partial charge is 0.286 e. The Labute approximate surface area is 196 Å². The second-order valence-corrected chi connectivity index (χ2v) is 9.28. The standard InChI is InChI=1S/C28H45NO3/c1-3-5-7-8-9-10-11-12-13-14-15-16-17-20-24-21-19-22-25-26(24)28(31)29(27(25)30)32-23-18-6-4-2/h19,21-22H,3-18,20,23H2,1-2H3. The summed E-state index contributed by atoms with van der Waals surface area (Å²) in [5.74, 6) is -0.597. The predicted molar refractivity (Wildman–Crippen MR) is 132 cm³/mol. The number of carbonyl (C=O) groups is 2. The third-order valence-corrected chi connectivity index (χ3v) is 6.48. The van der Waals surface area contributed by atoms with Crippen LogP contribution in [-0.4, -0.2) is 23.5 Å². The van der Waals surface area contributed by atoms with Gasteiger partial charge < -0.3 is 0 Å². The molecule has 0 fully saturated rings. The lowest BCUT2D eigenvalue weighted by Gasteiger charge is -2.13. The number of imide groups is 1. The molecular weight excluding hydrogens is 398 g/mol. The van der Waals surface area contributed by atoms with E-state index in [-0.39, 0.29) is 11.8 Å². The van der Waals surface area contributed by atoms with E-state index in [0.29, 0.717) is 17.7 Å². The molecule has 0 radical (unpaired) electrons. The van der Waals surface area contributed by atoms with Crippen molar-refractivity contribution in [3.63, 3.8) is 0 Å². The van der Waals surface area contributed by atoms with Crippen LogP contribution in [0.4, 0.5) is 0 Å². The topological polar surface area (TPSA) is 46.6 Å². The molecule has 1 aliphatic heterocycles. The summed E-state index contributed by atoms with van der Waals surface area (Å²) in [6, 6.07) is 5.63. The number of hydroxylamine groups is 2. The van der Waals surface area contributed by atoms with E-state index in [9.17, 15) is 9.59 Å². The first-order chi connectivity index (χ1) is 15.7. The first-order valence-electron chi connectivity index (χ1n) is 13.3. The van der Waals surface area contributed by atoms with Crippen LogP contribution >= 0.6 is 0 Å². The lowest BCUT2D eigenvalue weighted by atomic mass is 9.97. The highest BCUT2D eigenvalue weighted by atomic mass is 16.7. The highest BCUT2D eigenvalue weighted by Crippen LogP contribution is 2.28. The molecule has 0 bridgehead atoms. The zero-order chi connectivity index (χ0) is 23.0. The average molecular weight is 444 g/mol. The Morgan fingerprint density at radius 1 is 0.656 bits per heavy atom. The number of unbranched alkanes of at least 4 members (excludes halogenated alkanes) is 14. The normalized spacial score (nSPS) is 13.2. The van der Waals surface area contributed by atoms with Gasteiger partial charge in [-0.15, -0.1) is 5.06 Å². The summed E-state index contributed by atoms with van der Waals surface area (Å²) in [7, 11) is 0. The number of amides is 2. The Hall–Kier alpha value is -1.68. The average Bonchev–Trinajstić information content (AvgIpc) is 3.05. The first kappa shape index (κ1) is 26.6. The van der Waals surface area contributed by atoms with E-state index < -0.39 is 0 Å². The van der Waals surface area contributed by atoms with Gasteiger partial charge in [0.1, 0.15) is 0 Å². The van der Waals surface area contributed by atoms with Gasteiger partial charge in [0, 0.05) is 0 Å². The summed E-state index contributed by atoms with van der Waals surface area (Å²) in [5, 5.41) is 0.980. The molecule has 2 amide bonds. The molecule has 0 atom stereocenters. The third kappa shape index (κ3) is 8.69. The van der Waals surface area contributed by atoms with Crippen molar-refractivity contribution in [1.82, 2.24) is 5.06 Å². The van der Waals surface area contributed by atoms with Crippen molar-refractivity contribution >= 4 is 11.8 Å². The summed E-state index contributed by atoms with van der Waals surface area (Å²) in [6.45, 7) is 4.80. The lowest BCUT2D eigenvalue weighted by Crippen LogP contribution is -2.30. The Kier molecular flexibility index (Phi) is 13.3. The maximum absolute atomic E-state index is 12.8. The van der Waals surface area contributed by atoms with Crippen LogP contribution in [0.2, 0.25) is 0 Å². The second-order valence-electron chi connectivity index (χ2n) is 9.28. The van der Waals surface area contributed by atoms with Gasteiger partial charge in [-0.2, -0.15) is 0 Å². The van der Waals surface area contributed by atoms with Crippen LogP contribution in [0.15, 0.2) is 18.2 Å². The molecule has 0 N–H and O–H groups in total. The highest BCUT2D eigenvalue weighted by Gasteiger charge is 2.38. The molecule has 4 nitrogen and oxygen atoms in total. The number of rotatable bonds is 19. The molecule has 1 heterocycles. The van der Waals surface area contributed by atoms with Gasteiger partial charge in [-0.3, -0.25) is 14.4 Å². The van der Waals surface area contributed by atoms with Gasteiger partial charge in [0.15, 0.2) is 0 Å². The fraction of sp³-hybridized carbons (Fsp3) is 0.714. The minimum absolute atomic E-state index is 0.285. The Morgan fingerprint density at radius 2 is 1.19 bits per heavy atom. The van der Waals surface area contributed by atoms with E-state index in [1.54, 1.807) is 6.07 Å². The number of hydrogen-bond acceptors (Lipinski definition) is 3. The summed E-state index contributed by atoms with van der Waals surface area (Å²) >= 11 is 0. The quantitative estimate of drug-likeness (QED) is 0.160. The van der Waals surface area contributed by atoms with Crippen LogP contribution in [0.5, 0.6) is 0 Å². The van der Waals surface area contributed by atoms with Gasteiger partial charge in [0.2, 0.25) is 0 Å². The van der Waals surface area contributed by atoms with E-state index in [4.69, 9.17) is 4.84 Å². The lowest BCUT2D eigenvalue weighted by molar-refractivity contribution is -0.0922. The summed E-state index contributed by atoms with van der Waals surface area (Å²) in [6.07, 6.45) is 21.1. The zero-order valence-corrected chi connectivity index (χ0v) is 20.6. The number of nitrogens with zero attached hydrogens (tertiary/aromatic N) is 1. The van der Waals surface area contributed by atoms with Crippen molar-refractivity contribution in [3.05, 3.63) is 34.9 Å². The monoisotopic (exact) mass is 443 g/mol. The van der Waals surface area contributed by atoms with Crippen LogP contribution in [0.3, 0.4) is 0 Å². The number of aryl methyl sites for hydroxylation is 1. The molecular formula is C28H45NO3. The Balaban J connectivity index is 1.62. The van der Waals surface area contributed by atoms with Gasteiger partial charge >= 0.3 is 0 Å². The van der Waals surface area contributed by atoms with Crippen LogP contribution in [0.1, 0.15) is 143 Å². The van der Waals surface area contributed by atoms with Crippen molar-refractivity contribution in [1.29, 1.82) is 0 Å². The fourth-order valence-electron chi connectivity index (χ4n) is 4.50. The van der Waals surface area contributed by atoms with Crippen LogP contribution in [0, 0.1) is 0 Å². The Bertz CT molecular complexity index is 685. The Morgan fingerprint density at radius 3 is 1.78 bits per heavy atom. The minimum Gasteiger partial charge on any atom is -0.266 e. The van der Waals surface area contributed by atoms with Gasteiger partial charge in [0.05, 0.1) is 17.7 Å². The number of benzene rings is 1. The molecule has 0 saturated carbocycles. The van der Waals surface area contributed by atoms with E-state index >= 15 is 0 Å². The van der Waals surface area contributed by atoms with Gasteiger partial charge in [-0.25, -0.2) is 0 Å². The number of hydrogen-bond donors (Lipinski definition) is 0. The second kappa shape index (κ2) is 16.0. The molecule has 0 spiro atoms. The van der Waals surface area contributed by atoms with Crippen molar-refractivity contribution in [2.75, 3.05) is 6.61 Å². The summed E-state index contributed by atoms with van der Waals surface area (Å²) in [5.41, 5.74) is 2.05. The van der Waals surface area contributed by atoms with Gasteiger partial charge in [-0.05, 0) is 30.9 Å². The van der Waals surface area contributed by atoms with E-state index in [2.05, 4.69) is 13.8 Å². The first-order valence-corrected chi connectivity index (χ1v) is 13.3. The van der Waals surface area contributed by atoms with E-state index in [0.717, 1.165) is 42.7 Å². The maximum atomic E-state index is 12.8. The van der Waals surface area contributed by atoms with Crippen molar-refractivity contribution in [3.8, 4) is 0 Å². The molecule has 180 valence electrons. The molecule has 0 aliphatic carbocycles. The number of carbonyl (C=O) groups excluding carboxylic acids is 2. The number of fused-ring (bicyclic) bond motifs is 1. The minimum atomic E-state index is -0.311. The van der Waals surface area contributed by atoms with E-state index in [1.165, 1.54) is 77.0 Å². The highest BCUT2D eigenvalue weighted by molar-refractivity contribution is 6.21. The molecule has 4 heteroatoms. The van der Waals surface area contributed by atoms with Crippen molar-refractivity contribution < 1.29 is 14.4 Å². The molecule has 0 aromatic heterocycles. The van der Waals surface area contributed by atoms with Crippen LogP contribution in [-0.2, 0) is 11.3 Å². The molecule has 1 aliphatic rings. The molecule has 0 unspecified atom stereocenters. The van der Waals surface area contributed by atoms with Crippen LogP contribution < -0.4 is 0 Å². The van der Waals surface area contributed by atoms with Gasteiger partial charge in [0.25, 0.3) is 11.8 Å². The molecule has 2 rings (SSSR count). The van der Waals surface area contributed by atoms with Crippen molar-refractivity contribution in [2.24, 2.45) is 0 Å². The smallest absolute Gasteiger partial charge is 0.266 e. The molecule has 32 heavy (non-hydrogen) atoms. The SMILES string of the molecule is CCCCCCCCCCCCCCCc1cccc2c1C(=O)N(OCCCCC)C2=O.